The van der Waals surface area contributed by atoms with Crippen LogP contribution in [-0.2, 0) is 5.54 Å². The molecular weight excluding hydrogens is 439 g/mol. The van der Waals surface area contributed by atoms with Crippen molar-refractivity contribution in [3.8, 4) is 5.75 Å². The van der Waals surface area contributed by atoms with Gasteiger partial charge < -0.3 is 20.5 Å². The molecule has 0 spiro atoms. The van der Waals surface area contributed by atoms with Crippen LogP contribution in [0.1, 0.15) is 38.9 Å². The lowest BCUT2D eigenvalue weighted by Gasteiger charge is -2.36. The zero-order chi connectivity index (χ0) is 24.2. The Morgan fingerprint density at radius 1 is 1.26 bits per heavy atom. The molecule has 1 aliphatic rings. The van der Waals surface area contributed by atoms with Gasteiger partial charge in [-0.2, -0.15) is 9.61 Å². The van der Waals surface area contributed by atoms with E-state index in [2.05, 4.69) is 27.0 Å². The average Bonchev–Trinajstić information content (AvgIpc) is 3.48. The Morgan fingerprint density at radius 2 is 2.06 bits per heavy atom. The SMILES string of the molecule is COc1cc2nc(N)n3nc([C@@H]4C[C@H](C)CN(c5cnn(C(C)(C)CO)c5)C4)nc3c2cc1F. The lowest BCUT2D eigenvalue weighted by Crippen LogP contribution is -2.39. The highest BCUT2D eigenvalue weighted by molar-refractivity contribution is 5.93. The van der Waals surface area contributed by atoms with Gasteiger partial charge in [0.15, 0.2) is 23.0 Å². The first-order valence-corrected chi connectivity index (χ1v) is 11.3. The third-order valence-corrected chi connectivity index (χ3v) is 6.55. The van der Waals surface area contributed by atoms with Gasteiger partial charge in [-0.1, -0.05) is 6.92 Å². The number of nitrogens with zero attached hydrogens (tertiary/aromatic N) is 7. The summed E-state index contributed by atoms with van der Waals surface area (Å²) in [5.74, 6) is 0.891. The highest BCUT2D eigenvalue weighted by Gasteiger charge is 2.31. The fraction of sp³-hybridized carbons (Fsp3) is 0.478. The quantitative estimate of drug-likeness (QED) is 0.459. The predicted octanol–water partition coefficient (Wildman–Crippen LogP) is 2.56. The number of ether oxygens (including phenoxy) is 1. The highest BCUT2D eigenvalue weighted by atomic mass is 19.1. The lowest BCUT2D eigenvalue weighted by atomic mass is 9.89. The van der Waals surface area contributed by atoms with Gasteiger partial charge in [0.25, 0.3) is 0 Å². The van der Waals surface area contributed by atoms with Gasteiger partial charge in [-0.05, 0) is 32.3 Å². The third kappa shape index (κ3) is 3.69. The zero-order valence-electron chi connectivity index (χ0n) is 19.7. The number of aliphatic hydroxyl groups excluding tert-OH is 1. The second kappa shape index (κ2) is 8.08. The van der Waals surface area contributed by atoms with Gasteiger partial charge >= 0.3 is 0 Å². The molecule has 1 fully saturated rings. The Hall–Kier alpha value is -3.47. The maximum Gasteiger partial charge on any atom is 0.223 e. The molecule has 10 nitrogen and oxygen atoms in total. The maximum atomic E-state index is 14.4. The third-order valence-electron chi connectivity index (χ3n) is 6.55. The number of hydrogen-bond acceptors (Lipinski definition) is 8. The number of methoxy groups -OCH3 is 1. The number of halogens is 1. The first-order valence-electron chi connectivity index (χ1n) is 11.3. The van der Waals surface area contributed by atoms with Crippen molar-refractivity contribution in [3.63, 3.8) is 0 Å². The van der Waals surface area contributed by atoms with Gasteiger partial charge in [-0.3, -0.25) is 4.68 Å². The van der Waals surface area contributed by atoms with E-state index in [-0.39, 0.29) is 24.2 Å². The van der Waals surface area contributed by atoms with E-state index in [1.54, 1.807) is 4.68 Å². The molecule has 0 radical (unpaired) electrons. The Balaban J connectivity index is 1.51. The van der Waals surface area contributed by atoms with Crippen molar-refractivity contribution < 1.29 is 14.2 Å². The van der Waals surface area contributed by atoms with E-state index in [0.717, 1.165) is 18.7 Å². The standard InChI is InChI=1S/C23H29FN8O2/c1-13-5-14(10-30(9-13)15-8-26-31(11-15)23(2,3)12-33)20-28-21-16-6-17(24)19(34-4)7-18(16)27-22(25)32(21)29-20/h6-8,11,13-14,33H,5,9-10,12H2,1-4H3,(H2,25,27)/t13-,14+/m0/s1. The Kier molecular flexibility index (Phi) is 5.31. The number of aromatic nitrogens is 6. The number of aliphatic hydroxyl groups is 1. The van der Waals surface area contributed by atoms with Gasteiger partial charge in [0.05, 0.1) is 36.7 Å². The van der Waals surface area contributed by atoms with Crippen LogP contribution in [0.15, 0.2) is 24.5 Å². The summed E-state index contributed by atoms with van der Waals surface area (Å²) in [7, 11) is 1.41. The fourth-order valence-electron chi connectivity index (χ4n) is 4.61. The van der Waals surface area contributed by atoms with Gasteiger partial charge in [0, 0.05) is 36.7 Å². The van der Waals surface area contributed by atoms with Gasteiger partial charge in [-0.15, -0.1) is 5.10 Å². The fourth-order valence-corrected chi connectivity index (χ4v) is 4.61. The minimum atomic E-state index is -0.492. The van der Waals surface area contributed by atoms with Crippen LogP contribution >= 0.6 is 0 Å². The maximum absolute atomic E-state index is 14.4. The van der Waals surface area contributed by atoms with Gasteiger partial charge in [-0.25, -0.2) is 14.4 Å². The van der Waals surface area contributed by atoms with Gasteiger partial charge in [0.2, 0.25) is 5.95 Å². The van der Waals surface area contributed by atoms with E-state index in [1.165, 1.54) is 23.8 Å². The molecule has 2 atom stereocenters. The molecule has 1 aromatic carbocycles. The molecule has 0 unspecified atom stereocenters. The second-order valence-electron chi connectivity index (χ2n) is 9.74. The average molecular weight is 469 g/mol. The first-order chi connectivity index (χ1) is 16.2. The van der Waals surface area contributed by atoms with Crippen LogP contribution in [0.4, 0.5) is 16.0 Å². The summed E-state index contributed by atoms with van der Waals surface area (Å²) < 4.78 is 22.8. The van der Waals surface area contributed by atoms with Crippen molar-refractivity contribution >= 4 is 28.2 Å². The number of anilines is 2. The highest BCUT2D eigenvalue weighted by Crippen LogP contribution is 2.34. The summed E-state index contributed by atoms with van der Waals surface area (Å²) in [5, 5.41) is 19.3. The molecule has 3 N–H and O–H groups in total. The summed E-state index contributed by atoms with van der Waals surface area (Å²) in [6.45, 7) is 7.66. The molecule has 11 heteroatoms. The van der Waals surface area contributed by atoms with Crippen molar-refractivity contribution in [2.75, 3.05) is 37.4 Å². The molecule has 1 aliphatic heterocycles. The van der Waals surface area contributed by atoms with E-state index in [1.807, 2.05) is 26.2 Å². The summed E-state index contributed by atoms with van der Waals surface area (Å²) in [6, 6.07) is 2.88. The minimum absolute atomic E-state index is 0.00576. The van der Waals surface area contributed by atoms with E-state index in [0.29, 0.717) is 34.8 Å². The first kappa shape index (κ1) is 22.3. The van der Waals surface area contributed by atoms with Crippen molar-refractivity contribution in [1.29, 1.82) is 0 Å². The molecule has 0 bridgehead atoms. The van der Waals surface area contributed by atoms with E-state index < -0.39 is 11.4 Å². The monoisotopic (exact) mass is 468 g/mol. The van der Waals surface area contributed by atoms with Crippen molar-refractivity contribution in [3.05, 3.63) is 36.2 Å². The molecule has 34 heavy (non-hydrogen) atoms. The van der Waals surface area contributed by atoms with Crippen LogP contribution in [0.5, 0.6) is 5.75 Å². The Bertz CT molecular complexity index is 1360. The molecule has 0 aliphatic carbocycles. The van der Waals surface area contributed by atoms with Crippen LogP contribution in [0.3, 0.4) is 0 Å². The number of hydrogen-bond donors (Lipinski definition) is 2. The molecule has 4 heterocycles. The molecule has 1 saturated heterocycles. The Labute approximate surface area is 196 Å². The number of piperidine rings is 1. The van der Waals surface area contributed by atoms with E-state index in [9.17, 15) is 9.50 Å². The molecule has 3 aromatic heterocycles. The topological polar surface area (TPSA) is 120 Å². The molecule has 5 rings (SSSR count). The number of nitrogen functional groups attached to an aromatic ring is 1. The molecule has 0 saturated carbocycles. The van der Waals surface area contributed by atoms with Crippen molar-refractivity contribution in [2.45, 2.75) is 38.6 Å². The summed E-state index contributed by atoms with van der Waals surface area (Å²) >= 11 is 0. The van der Waals surface area contributed by atoms with Gasteiger partial charge in [0.1, 0.15) is 0 Å². The predicted molar refractivity (Wildman–Crippen MR) is 127 cm³/mol. The van der Waals surface area contributed by atoms with Crippen LogP contribution in [0.2, 0.25) is 0 Å². The number of nitrogens with two attached hydrogens (primary N) is 1. The Morgan fingerprint density at radius 3 is 2.79 bits per heavy atom. The molecule has 0 amide bonds. The second-order valence-corrected chi connectivity index (χ2v) is 9.74. The van der Waals surface area contributed by atoms with Crippen molar-refractivity contribution in [1.82, 2.24) is 29.4 Å². The number of rotatable bonds is 5. The number of benzene rings is 1. The summed E-state index contributed by atoms with van der Waals surface area (Å²) in [6.07, 6.45) is 4.71. The smallest absolute Gasteiger partial charge is 0.223 e. The van der Waals surface area contributed by atoms with Crippen molar-refractivity contribution in [2.24, 2.45) is 5.92 Å². The van der Waals surface area contributed by atoms with Crippen LogP contribution < -0.4 is 15.4 Å². The van der Waals surface area contributed by atoms with Crippen LogP contribution in [0.25, 0.3) is 16.6 Å². The molecule has 4 aromatic rings. The molecular formula is C23H29FN8O2. The zero-order valence-corrected chi connectivity index (χ0v) is 19.7. The summed E-state index contributed by atoms with van der Waals surface area (Å²) in [5.41, 5.74) is 7.65. The van der Waals surface area contributed by atoms with Crippen LogP contribution in [0, 0.1) is 11.7 Å². The largest absolute Gasteiger partial charge is 0.494 e. The molecule has 180 valence electrons. The lowest BCUT2D eigenvalue weighted by molar-refractivity contribution is 0.152. The normalized spacial score (nSPS) is 19.3. The summed E-state index contributed by atoms with van der Waals surface area (Å²) in [4.78, 5) is 11.4. The number of fused-ring (bicyclic) bond motifs is 3. The minimum Gasteiger partial charge on any atom is -0.494 e. The van der Waals surface area contributed by atoms with E-state index >= 15 is 0 Å². The van der Waals surface area contributed by atoms with Crippen LogP contribution in [-0.4, -0.2) is 61.3 Å². The van der Waals surface area contributed by atoms with E-state index in [4.69, 9.17) is 15.5 Å².